The minimum Gasteiger partial charge on any atom is -0.511 e. The SMILES string of the molecule is O=C(O)CNC(=O)[C@@H]1CC=C(c2cncnc2)C=C1O. The average Bonchev–Trinajstić information content (AvgIpc) is 2.45. The molecule has 1 aliphatic carbocycles. The highest BCUT2D eigenvalue weighted by Crippen LogP contribution is 2.27. The van der Waals surface area contributed by atoms with Crippen molar-refractivity contribution < 1.29 is 19.8 Å². The molecule has 0 spiro atoms. The normalized spacial score (nSPS) is 17.9. The van der Waals surface area contributed by atoms with E-state index in [9.17, 15) is 14.7 Å². The standard InChI is InChI=1S/C13H13N3O4/c17-11-3-8(9-4-14-7-15-5-9)1-2-10(11)13(20)16-6-12(18)19/h1,3-5,7,10,17H,2,6H2,(H,16,20)(H,18,19)/t10-/m1/s1. The quantitative estimate of drug-likeness (QED) is 0.738. The molecule has 2 rings (SSSR count). The van der Waals surface area contributed by atoms with Crippen molar-refractivity contribution in [3.63, 3.8) is 0 Å². The maximum Gasteiger partial charge on any atom is 0.322 e. The minimum atomic E-state index is -1.13. The Hall–Kier alpha value is -2.70. The van der Waals surface area contributed by atoms with Gasteiger partial charge in [-0.15, -0.1) is 0 Å². The third kappa shape index (κ3) is 3.19. The zero-order valence-electron chi connectivity index (χ0n) is 10.5. The highest BCUT2D eigenvalue weighted by molar-refractivity contribution is 5.87. The molecular weight excluding hydrogens is 262 g/mol. The first-order valence-electron chi connectivity index (χ1n) is 5.93. The minimum absolute atomic E-state index is 0.103. The number of rotatable bonds is 4. The Morgan fingerprint density at radius 1 is 1.35 bits per heavy atom. The molecule has 1 aromatic heterocycles. The molecule has 1 amide bonds. The second-order valence-electron chi connectivity index (χ2n) is 4.26. The van der Waals surface area contributed by atoms with Gasteiger partial charge in [-0.3, -0.25) is 9.59 Å². The summed E-state index contributed by atoms with van der Waals surface area (Å²) in [5, 5.41) is 20.7. The third-order valence-corrected chi connectivity index (χ3v) is 2.86. The van der Waals surface area contributed by atoms with Gasteiger partial charge in [0.15, 0.2) is 0 Å². The molecule has 1 aromatic rings. The molecule has 1 aliphatic rings. The van der Waals surface area contributed by atoms with E-state index in [1.807, 2.05) is 0 Å². The summed E-state index contributed by atoms with van der Waals surface area (Å²) in [5.74, 6) is -2.51. The van der Waals surface area contributed by atoms with Gasteiger partial charge in [0.1, 0.15) is 18.6 Å². The summed E-state index contributed by atoms with van der Waals surface area (Å²) < 4.78 is 0. The summed E-state index contributed by atoms with van der Waals surface area (Å²) in [4.78, 5) is 29.9. The third-order valence-electron chi connectivity index (χ3n) is 2.86. The number of hydrogen-bond acceptors (Lipinski definition) is 5. The van der Waals surface area contributed by atoms with E-state index < -0.39 is 24.3 Å². The van der Waals surface area contributed by atoms with E-state index in [4.69, 9.17) is 5.11 Å². The van der Waals surface area contributed by atoms with Gasteiger partial charge in [0.25, 0.3) is 0 Å². The second-order valence-corrected chi connectivity index (χ2v) is 4.26. The van der Waals surface area contributed by atoms with Gasteiger partial charge in [0.2, 0.25) is 5.91 Å². The van der Waals surface area contributed by atoms with Crippen molar-refractivity contribution in [3.8, 4) is 0 Å². The number of aliphatic carboxylic acids is 1. The molecule has 20 heavy (non-hydrogen) atoms. The van der Waals surface area contributed by atoms with E-state index in [-0.39, 0.29) is 12.2 Å². The summed E-state index contributed by atoms with van der Waals surface area (Å²) in [6.45, 7) is -0.467. The molecule has 0 saturated carbocycles. The molecule has 3 N–H and O–H groups in total. The van der Waals surface area contributed by atoms with Gasteiger partial charge in [-0.1, -0.05) is 6.08 Å². The molecule has 7 nitrogen and oxygen atoms in total. The van der Waals surface area contributed by atoms with Crippen molar-refractivity contribution in [2.24, 2.45) is 5.92 Å². The fourth-order valence-electron chi connectivity index (χ4n) is 1.86. The molecule has 1 heterocycles. The average molecular weight is 275 g/mol. The van der Waals surface area contributed by atoms with E-state index in [1.54, 1.807) is 18.5 Å². The Balaban J connectivity index is 2.06. The van der Waals surface area contributed by atoms with E-state index in [2.05, 4.69) is 15.3 Å². The van der Waals surface area contributed by atoms with E-state index in [0.717, 1.165) is 11.1 Å². The molecule has 0 aliphatic heterocycles. The number of aromatic nitrogens is 2. The Bertz CT molecular complexity index is 581. The Morgan fingerprint density at radius 2 is 2.05 bits per heavy atom. The van der Waals surface area contributed by atoms with Crippen LogP contribution in [-0.2, 0) is 9.59 Å². The Labute approximate surface area is 114 Å². The fraction of sp³-hybridized carbons (Fsp3) is 0.231. The monoisotopic (exact) mass is 275 g/mol. The smallest absolute Gasteiger partial charge is 0.322 e. The first-order chi connectivity index (χ1) is 9.58. The van der Waals surface area contributed by atoms with Crippen LogP contribution in [0.15, 0.2) is 36.6 Å². The predicted octanol–water partition coefficient (Wildman–Crippen LogP) is 0.523. The van der Waals surface area contributed by atoms with Crippen molar-refractivity contribution in [1.29, 1.82) is 0 Å². The van der Waals surface area contributed by atoms with Gasteiger partial charge < -0.3 is 15.5 Å². The maximum atomic E-state index is 11.7. The van der Waals surface area contributed by atoms with Crippen molar-refractivity contribution in [1.82, 2.24) is 15.3 Å². The van der Waals surface area contributed by atoms with Crippen molar-refractivity contribution in [3.05, 3.63) is 42.2 Å². The molecule has 0 unspecified atom stereocenters. The second kappa shape index (κ2) is 5.96. The number of carbonyl (C=O) groups excluding carboxylic acids is 1. The number of aliphatic hydroxyl groups excluding tert-OH is 1. The van der Waals surface area contributed by atoms with Crippen LogP contribution < -0.4 is 5.32 Å². The topological polar surface area (TPSA) is 112 Å². The van der Waals surface area contributed by atoms with Crippen LogP contribution in [0.5, 0.6) is 0 Å². The maximum absolute atomic E-state index is 11.7. The number of carbonyl (C=O) groups is 2. The van der Waals surface area contributed by atoms with Gasteiger partial charge in [-0.25, -0.2) is 9.97 Å². The van der Waals surface area contributed by atoms with Crippen molar-refractivity contribution in [2.75, 3.05) is 6.54 Å². The summed E-state index contributed by atoms with van der Waals surface area (Å²) in [5.41, 5.74) is 1.47. The lowest BCUT2D eigenvalue weighted by Gasteiger charge is -2.18. The van der Waals surface area contributed by atoms with Crippen LogP contribution >= 0.6 is 0 Å². The number of amides is 1. The predicted molar refractivity (Wildman–Crippen MR) is 69.5 cm³/mol. The first-order valence-corrected chi connectivity index (χ1v) is 5.93. The van der Waals surface area contributed by atoms with E-state index in [0.29, 0.717) is 0 Å². The molecule has 0 saturated heterocycles. The molecular formula is C13H13N3O4. The number of hydrogen-bond donors (Lipinski definition) is 3. The van der Waals surface area contributed by atoms with E-state index in [1.165, 1.54) is 12.4 Å². The number of nitrogens with zero attached hydrogens (tertiary/aromatic N) is 2. The highest BCUT2D eigenvalue weighted by Gasteiger charge is 2.25. The molecule has 1 atom stereocenters. The van der Waals surface area contributed by atoms with E-state index >= 15 is 0 Å². The largest absolute Gasteiger partial charge is 0.511 e. The van der Waals surface area contributed by atoms with Gasteiger partial charge in [0.05, 0.1) is 5.92 Å². The molecule has 0 bridgehead atoms. The number of carboxylic acid groups (broad SMARTS) is 1. The van der Waals surface area contributed by atoms with Gasteiger partial charge in [-0.2, -0.15) is 0 Å². The molecule has 0 fully saturated rings. The van der Waals surface area contributed by atoms with Crippen LogP contribution in [0.3, 0.4) is 0 Å². The van der Waals surface area contributed by atoms with Gasteiger partial charge in [-0.05, 0) is 18.1 Å². The van der Waals surface area contributed by atoms with Crippen LogP contribution in [-0.4, -0.2) is 38.6 Å². The van der Waals surface area contributed by atoms with Crippen LogP contribution in [0.4, 0.5) is 0 Å². The fourth-order valence-corrected chi connectivity index (χ4v) is 1.86. The molecule has 0 radical (unpaired) electrons. The lowest BCUT2D eigenvalue weighted by Crippen LogP contribution is -2.35. The number of carboxylic acids is 1. The van der Waals surface area contributed by atoms with Crippen molar-refractivity contribution in [2.45, 2.75) is 6.42 Å². The lowest BCUT2D eigenvalue weighted by atomic mass is 9.91. The summed E-state index contributed by atoms with van der Waals surface area (Å²) in [7, 11) is 0. The van der Waals surface area contributed by atoms with Crippen LogP contribution in [0, 0.1) is 5.92 Å². The summed E-state index contributed by atoms with van der Waals surface area (Å²) in [6, 6.07) is 0. The highest BCUT2D eigenvalue weighted by atomic mass is 16.4. The Kier molecular flexibility index (Phi) is 4.09. The number of allylic oxidation sites excluding steroid dienone is 3. The first kappa shape index (κ1) is 13.7. The Morgan fingerprint density at radius 3 is 2.65 bits per heavy atom. The van der Waals surface area contributed by atoms with Gasteiger partial charge in [0, 0.05) is 18.0 Å². The van der Waals surface area contributed by atoms with Gasteiger partial charge >= 0.3 is 5.97 Å². The molecule has 104 valence electrons. The van der Waals surface area contributed by atoms with Crippen LogP contribution in [0.1, 0.15) is 12.0 Å². The summed E-state index contributed by atoms with van der Waals surface area (Å²) in [6.07, 6.45) is 8.15. The number of nitrogens with one attached hydrogen (secondary N) is 1. The zero-order valence-corrected chi connectivity index (χ0v) is 10.5. The molecule has 7 heteroatoms. The summed E-state index contributed by atoms with van der Waals surface area (Å²) >= 11 is 0. The number of aliphatic hydroxyl groups is 1. The zero-order chi connectivity index (χ0) is 14.5. The van der Waals surface area contributed by atoms with Crippen LogP contribution in [0.25, 0.3) is 5.57 Å². The van der Waals surface area contributed by atoms with Crippen molar-refractivity contribution >= 4 is 17.4 Å². The lowest BCUT2D eigenvalue weighted by molar-refractivity contribution is -0.138. The van der Waals surface area contributed by atoms with Crippen LogP contribution in [0.2, 0.25) is 0 Å². The molecule has 0 aromatic carbocycles.